The quantitative estimate of drug-likeness (QED) is 0.621. The van der Waals surface area contributed by atoms with Crippen molar-refractivity contribution in [1.82, 2.24) is 0 Å². The number of aryl methyl sites for hydroxylation is 1. The van der Waals surface area contributed by atoms with E-state index in [2.05, 4.69) is 20.5 Å². The number of ketones is 1. The van der Waals surface area contributed by atoms with Crippen LogP contribution in [0.25, 0.3) is 0 Å². The van der Waals surface area contributed by atoms with Crippen LogP contribution in [0, 0.1) is 6.92 Å². The van der Waals surface area contributed by atoms with Crippen LogP contribution in [0.2, 0.25) is 0 Å². The van der Waals surface area contributed by atoms with Gasteiger partial charge in [0.2, 0.25) is 0 Å². The first-order chi connectivity index (χ1) is 8.22. The molecule has 0 aliphatic heterocycles. The smallest absolute Gasteiger partial charge is 0.545 e. The van der Waals surface area contributed by atoms with Crippen LogP contribution in [0.3, 0.4) is 0 Å². The minimum absolute atomic E-state index is 0. The van der Waals surface area contributed by atoms with Crippen LogP contribution in [-0.2, 0) is 38.2 Å². The molecule has 0 bridgehead atoms. The van der Waals surface area contributed by atoms with Crippen LogP contribution < -0.4 is 4.74 Å². The summed E-state index contributed by atoms with van der Waals surface area (Å²) in [6.07, 6.45) is 1.26. The van der Waals surface area contributed by atoms with Crippen molar-refractivity contribution in [3.8, 4) is 5.75 Å². The van der Waals surface area contributed by atoms with Crippen LogP contribution in [0.15, 0.2) is 24.3 Å². The Bertz CT molecular complexity index is 309. The third-order valence-electron chi connectivity index (χ3n) is 1.85. The Kier molecular flexibility index (Phi) is 18.6. The normalized spacial score (nSPS) is 7.39. The molecule has 0 heterocycles. The average Bonchev–Trinajstić information content (AvgIpc) is 2.41. The SMILES string of the molecule is [CH-]=O.[CH-]=O.[CH2-]C(=O)CCc1ccc(OC)cc1.[Cr+3]. The standard InChI is InChI=1S/C11H13O2.2CHO.Cr/c1-9(12)3-4-10-5-7-11(13-2)8-6-10;2*1-2;/h5-8H,1,3-4H2,2H3;2*1H;/q3*-1;+3. The minimum atomic E-state index is -0.0178. The Balaban J connectivity index is -0.000000409. The maximum Gasteiger partial charge on any atom is 3.00 e. The van der Waals surface area contributed by atoms with Gasteiger partial charge in [0.05, 0.1) is 7.11 Å². The zero-order valence-corrected chi connectivity index (χ0v) is 11.4. The van der Waals surface area contributed by atoms with E-state index in [1.165, 1.54) is 0 Å². The molecule has 0 aliphatic carbocycles. The van der Waals surface area contributed by atoms with Crippen molar-refractivity contribution in [2.45, 2.75) is 12.8 Å². The van der Waals surface area contributed by atoms with Crippen molar-refractivity contribution in [1.29, 1.82) is 0 Å². The molecule has 0 N–H and O–H groups in total. The summed E-state index contributed by atoms with van der Waals surface area (Å²) in [7, 11) is 1.63. The van der Waals surface area contributed by atoms with Crippen LogP contribution in [0.4, 0.5) is 0 Å². The minimum Gasteiger partial charge on any atom is -0.545 e. The number of benzene rings is 1. The summed E-state index contributed by atoms with van der Waals surface area (Å²) >= 11 is 0. The zero-order valence-electron chi connectivity index (χ0n) is 10.1. The number of rotatable bonds is 4. The van der Waals surface area contributed by atoms with Gasteiger partial charge in [0, 0.05) is 0 Å². The number of Topliss-reactive ketones (excluding diaryl/α,β-unsaturated/α-hetero) is 1. The van der Waals surface area contributed by atoms with Gasteiger partial charge >= 0.3 is 17.4 Å². The summed E-state index contributed by atoms with van der Waals surface area (Å²) in [6, 6.07) is 7.70. The predicted octanol–water partition coefficient (Wildman–Crippen LogP) is 1.48. The van der Waals surface area contributed by atoms with Gasteiger partial charge < -0.3 is 26.0 Å². The second kappa shape index (κ2) is 15.4. The molecule has 0 aliphatic rings. The van der Waals surface area contributed by atoms with Gasteiger partial charge in [0.1, 0.15) is 5.75 Å². The molecule has 97 valence electrons. The number of hydrogen-bond acceptors (Lipinski definition) is 4. The molecule has 0 atom stereocenters. The van der Waals surface area contributed by atoms with E-state index in [0.717, 1.165) is 17.7 Å². The van der Waals surface area contributed by atoms with Crippen LogP contribution in [-0.4, -0.2) is 26.5 Å². The van der Waals surface area contributed by atoms with Gasteiger partial charge in [-0.05, 0) is 36.3 Å². The van der Waals surface area contributed by atoms with E-state index in [-0.39, 0.29) is 23.1 Å². The number of methoxy groups -OCH3 is 1. The van der Waals surface area contributed by atoms with Gasteiger partial charge in [-0.3, -0.25) is 13.6 Å². The van der Waals surface area contributed by atoms with Gasteiger partial charge in [-0.15, -0.1) is 0 Å². The first-order valence-corrected chi connectivity index (χ1v) is 4.67. The molecular weight excluding hydrogens is 272 g/mol. The van der Waals surface area contributed by atoms with Gasteiger partial charge in [0.25, 0.3) is 0 Å². The molecule has 1 aromatic rings. The summed E-state index contributed by atoms with van der Waals surface area (Å²) in [5.74, 6) is 0.820. The number of hydrogen-bond donors (Lipinski definition) is 0. The third-order valence-corrected chi connectivity index (χ3v) is 1.85. The molecule has 0 amide bonds. The molecule has 18 heavy (non-hydrogen) atoms. The molecule has 1 radical (unpaired) electrons. The zero-order chi connectivity index (χ0) is 13.7. The predicted molar refractivity (Wildman–Crippen MR) is 65.2 cm³/mol. The maximum absolute atomic E-state index is 10.6. The third kappa shape index (κ3) is 10.9. The molecule has 0 saturated heterocycles. The van der Waals surface area contributed by atoms with Crippen molar-refractivity contribution in [2.24, 2.45) is 0 Å². The fourth-order valence-corrected chi connectivity index (χ4v) is 1.08. The van der Waals surface area contributed by atoms with Crippen molar-refractivity contribution in [3.05, 3.63) is 36.8 Å². The first kappa shape index (κ1) is 21.7. The Morgan fingerprint density at radius 2 is 1.61 bits per heavy atom. The van der Waals surface area contributed by atoms with Crippen molar-refractivity contribution in [2.75, 3.05) is 7.11 Å². The molecule has 4 nitrogen and oxygen atoms in total. The number of ether oxygens (including phenoxy) is 1. The van der Waals surface area contributed by atoms with Gasteiger partial charge in [-0.25, -0.2) is 0 Å². The maximum atomic E-state index is 10.6. The Morgan fingerprint density at radius 1 is 1.17 bits per heavy atom. The summed E-state index contributed by atoms with van der Waals surface area (Å²) in [5, 5.41) is 0. The summed E-state index contributed by atoms with van der Waals surface area (Å²) in [4.78, 5) is 26.1. The molecule has 5 heteroatoms. The summed E-state index contributed by atoms with van der Waals surface area (Å²) in [5.41, 5.74) is 1.14. The second-order valence-electron chi connectivity index (χ2n) is 2.89. The first-order valence-electron chi connectivity index (χ1n) is 4.67. The molecule has 1 aromatic carbocycles. The topological polar surface area (TPSA) is 60.4 Å². The van der Waals surface area contributed by atoms with Crippen molar-refractivity contribution in [3.63, 3.8) is 0 Å². The van der Waals surface area contributed by atoms with E-state index >= 15 is 0 Å². The van der Waals surface area contributed by atoms with E-state index in [9.17, 15) is 4.79 Å². The summed E-state index contributed by atoms with van der Waals surface area (Å²) < 4.78 is 5.02. The van der Waals surface area contributed by atoms with Gasteiger partial charge in [0.15, 0.2) is 0 Å². The molecule has 0 saturated carbocycles. The Labute approximate surface area is 118 Å². The number of carbonyl (C=O) groups is 1. The fraction of sp³-hybridized carbons (Fsp3) is 0.231. The fourth-order valence-electron chi connectivity index (χ4n) is 1.08. The Hall–Kier alpha value is -1.57. The van der Waals surface area contributed by atoms with E-state index in [4.69, 9.17) is 14.3 Å². The van der Waals surface area contributed by atoms with Crippen LogP contribution in [0.5, 0.6) is 5.75 Å². The van der Waals surface area contributed by atoms with Crippen molar-refractivity contribution < 1.29 is 36.5 Å². The Morgan fingerprint density at radius 3 is 1.94 bits per heavy atom. The van der Waals surface area contributed by atoms with E-state index in [1.54, 1.807) is 7.11 Å². The number of carbonyl (C=O) groups excluding carboxylic acids is 3. The molecule has 0 fully saturated rings. The van der Waals surface area contributed by atoms with Crippen LogP contribution >= 0.6 is 0 Å². The van der Waals surface area contributed by atoms with Gasteiger partial charge in [-0.1, -0.05) is 12.1 Å². The van der Waals surface area contributed by atoms with Crippen LogP contribution in [0.1, 0.15) is 12.0 Å². The molecule has 0 aromatic heterocycles. The molecule has 0 unspecified atom stereocenters. The molecule has 1 rings (SSSR count). The second-order valence-corrected chi connectivity index (χ2v) is 2.89. The average molecular weight is 287 g/mol. The van der Waals surface area contributed by atoms with Crippen molar-refractivity contribution >= 4 is 19.4 Å². The van der Waals surface area contributed by atoms with E-state index in [1.807, 2.05) is 24.3 Å². The summed E-state index contributed by atoms with van der Waals surface area (Å²) in [6.45, 7) is 9.82. The van der Waals surface area contributed by atoms with E-state index in [0.29, 0.717) is 6.42 Å². The molecule has 0 spiro atoms. The van der Waals surface area contributed by atoms with Gasteiger partial charge in [-0.2, -0.15) is 0 Å². The largest absolute Gasteiger partial charge is 3.00 e. The molecular formula is C13H15CrO4. The monoisotopic (exact) mass is 287 g/mol. The van der Waals surface area contributed by atoms with E-state index < -0.39 is 0 Å².